The summed E-state index contributed by atoms with van der Waals surface area (Å²) in [6.45, 7) is 4.43. The minimum Gasteiger partial charge on any atom is -0.355 e. The van der Waals surface area contributed by atoms with E-state index < -0.39 is 0 Å². The maximum Gasteiger partial charge on any atom is 0.207 e. The van der Waals surface area contributed by atoms with Gasteiger partial charge in [-0.15, -0.1) is 11.8 Å². The summed E-state index contributed by atoms with van der Waals surface area (Å²) in [5, 5.41) is 2.61. The van der Waals surface area contributed by atoms with Crippen molar-refractivity contribution in [3.8, 4) is 11.3 Å². The van der Waals surface area contributed by atoms with Crippen LogP contribution in [0.25, 0.3) is 22.3 Å². The lowest BCUT2D eigenvalue weighted by molar-refractivity contribution is -0.109. The van der Waals surface area contributed by atoms with Gasteiger partial charge >= 0.3 is 0 Å². The second kappa shape index (κ2) is 11.8. The Kier molecular flexibility index (Phi) is 8.36. The first-order valence-corrected chi connectivity index (χ1v) is 13.0. The van der Waals surface area contributed by atoms with E-state index in [9.17, 15) is 9.18 Å². The van der Waals surface area contributed by atoms with Crippen molar-refractivity contribution in [3.63, 3.8) is 0 Å². The summed E-state index contributed by atoms with van der Waals surface area (Å²) in [6.07, 6.45) is 8.04. The third-order valence-electron chi connectivity index (χ3n) is 6.08. The number of benzene rings is 2. The van der Waals surface area contributed by atoms with Gasteiger partial charge in [0.25, 0.3) is 0 Å². The maximum atomic E-state index is 13.8. The van der Waals surface area contributed by atoms with Crippen LogP contribution < -0.4 is 10.2 Å². The van der Waals surface area contributed by atoms with Crippen molar-refractivity contribution >= 4 is 35.0 Å². The van der Waals surface area contributed by atoms with Gasteiger partial charge in [-0.3, -0.25) is 4.79 Å². The molecule has 186 valence electrons. The highest BCUT2D eigenvalue weighted by Gasteiger charge is 2.17. The Hall–Kier alpha value is -3.39. The van der Waals surface area contributed by atoms with Crippen molar-refractivity contribution in [3.05, 3.63) is 71.8 Å². The van der Waals surface area contributed by atoms with Crippen LogP contribution in [0, 0.1) is 12.7 Å². The number of hydrogen-bond donors (Lipinski definition) is 2. The number of nitrogens with one attached hydrogen (secondary N) is 2. The molecule has 8 heteroatoms. The molecule has 0 bridgehead atoms. The van der Waals surface area contributed by atoms with Crippen molar-refractivity contribution in [1.29, 1.82) is 0 Å². The predicted molar refractivity (Wildman–Crippen MR) is 145 cm³/mol. The van der Waals surface area contributed by atoms with E-state index in [2.05, 4.69) is 25.2 Å². The minimum absolute atomic E-state index is 0. The highest BCUT2D eigenvalue weighted by atomic mass is 32.2. The summed E-state index contributed by atoms with van der Waals surface area (Å²) in [5.41, 5.74) is 5.29. The molecule has 0 atom stereocenters. The van der Waals surface area contributed by atoms with Crippen LogP contribution in [-0.4, -0.2) is 40.7 Å². The van der Waals surface area contributed by atoms with Crippen molar-refractivity contribution in [2.45, 2.75) is 37.6 Å². The van der Waals surface area contributed by atoms with Gasteiger partial charge < -0.3 is 15.2 Å². The number of piperidine rings is 1. The van der Waals surface area contributed by atoms with Gasteiger partial charge in [-0.05, 0) is 67.8 Å². The van der Waals surface area contributed by atoms with Crippen molar-refractivity contribution in [1.82, 2.24) is 20.3 Å². The number of rotatable bonds is 6. The lowest BCUT2D eigenvalue weighted by Crippen LogP contribution is -2.30. The minimum atomic E-state index is -0.191. The van der Waals surface area contributed by atoms with E-state index >= 15 is 0 Å². The molecule has 1 saturated heterocycles. The number of aryl methyl sites for hydroxylation is 1. The Morgan fingerprint density at radius 2 is 1.89 bits per heavy atom. The van der Waals surface area contributed by atoms with Crippen LogP contribution in [0.5, 0.6) is 0 Å². The van der Waals surface area contributed by atoms with Crippen LogP contribution in [0.3, 0.4) is 0 Å². The second-order valence-corrected chi connectivity index (χ2v) is 9.38. The number of hydrogen-bond acceptors (Lipinski definition) is 5. The molecule has 0 spiro atoms. The number of aromatic amines is 1. The number of carbonyl (C=O) groups is 1. The molecular weight excluding hydrogens is 461 g/mol. The van der Waals surface area contributed by atoms with Gasteiger partial charge in [0.05, 0.1) is 5.52 Å². The Labute approximate surface area is 212 Å². The van der Waals surface area contributed by atoms with Gasteiger partial charge in [-0.1, -0.05) is 24.3 Å². The molecule has 6 nitrogen and oxygen atoms in total. The summed E-state index contributed by atoms with van der Waals surface area (Å²) >= 11 is 1.71. The van der Waals surface area contributed by atoms with E-state index in [-0.39, 0.29) is 8.67 Å². The van der Waals surface area contributed by atoms with E-state index in [4.69, 9.17) is 0 Å². The zero-order valence-corrected chi connectivity index (χ0v) is 20.9. The number of halogens is 1. The first-order valence-electron chi connectivity index (χ1n) is 11.7. The second-order valence-electron chi connectivity index (χ2n) is 8.50. The van der Waals surface area contributed by atoms with E-state index in [1.165, 1.54) is 24.2 Å². The predicted octanol–water partition coefficient (Wildman–Crippen LogP) is 6.21. The van der Waals surface area contributed by atoms with Crippen LogP contribution in [0.1, 0.15) is 33.2 Å². The van der Waals surface area contributed by atoms with E-state index in [1.807, 2.05) is 42.7 Å². The van der Waals surface area contributed by atoms with Crippen LogP contribution in [0.15, 0.2) is 59.8 Å². The molecule has 35 heavy (non-hydrogen) atoms. The molecule has 2 aromatic carbocycles. The summed E-state index contributed by atoms with van der Waals surface area (Å²) in [7, 11) is 0. The molecule has 1 amide bonds. The van der Waals surface area contributed by atoms with Crippen LogP contribution >= 0.6 is 11.8 Å². The standard InChI is InChI=1S/C18H19FN4.C9H11NOS.2H2/c1-12-5-6-13(9-14(12)19)15-10-16-17(22-15)18(21-11-20-16)23-7-3-2-4-8-23;1-12-9-4-2-8(3-5-9)6-10-7-11;;/h5-6,9-11,22H,2-4,7-8H2,1H3;2-5,7H,6H2,1H3,(H,10,11);2*1H. The van der Waals surface area contributed by atoms with Crippen molar-refractivity contribution in [2.24, 2.45) is 0 Å². The molecule has 0 aliphatic carbocycles. The fraction of sp³-hybridized carbons (Fsp3) is 0.296. The van der Waals surface area contributed by atoms with Gasteiger partial charge in [-0.2, -0.15) is 0 Å². The Morgan fingerprint density at radius 1 is 1.11 bits per heavy atom. The number of carbonyl (C=O) groups excluding carboxylic acids is 1. The van der Waals surface area contributed by atoms with Gasteiger partial charge in [0.15, 0.2) is 5.82 Å². The number of anilines is 1. The highest BCUT2D eigenvalue weighted by molar-refractivity contribution is 7.98. The van der Waals surface area contributed by atoms with E-state index in [0.717, 1.165) is 46.8 Å². The molecule has 1 aliphatic heterocycles. The summed E-state index contributed by atoms with van der Waals surface area (Å²) < 4.78 is 13.8. The number of H-pyrrole nitrogens is 1. The smallest absolute Gasteiger partial charge is 0.207 e. The third-order valence-corrected chi connectivity index (χ3v) is 6.83. The highest BCUT2D eigenvalue weighted by Crippen LogP contribution is 2.30. The quantitative estimate of drug-likeness (QED) is 0.246. The topological polar surface area (TPSA) is 73.9 Å². The first kappa shape index (κ1) is 24.7. The zero-order valence-electron chi connectivity index (χ0n) is 20.1. The number of aromatic nitrogens is 3. The monoisotopic (exact) mass is 495 g/mol. The van der Waals surface area contributed by atoms with Gasteiger partial charge in [0, 0.05) is 38.6 Å². The zero-order chi connectivity index (χ0) is 24.6. The van der Waals surface area contributed by atoms with Crippen LogP contribution in [0.4, 0.5) is 10.2 Å². The molecule has 4 aromatic rings. The molecule has 2 aromatic heterocycles. The maximum absolute atomic E-state index is 13.8. The lowest BCUT2D eigenvalue weighted by atomic mass is 10.1. The van der Waals surface area contributed by atoms with Crippen LogP contribution in [-0.2, 0) is 11.3 Å². The lowest BCUT2D eigenvalue weighted by Gasteiger charge is -2.27. The van der Waals surface area contributed by atoms with E-state index in [0.29, 0.717) is 18.5 Å². The molecule has 5 rings (SSSR count). The number of nitrogens with zero attached hydrogens (tertiary/aromatic N) is 3. The van der Waals surface area contributed by atoms with Gasteiger partial charge in [-0.25, -0.2) is 14.4 Å². The number of amides is 1. The fourth-order valence-corrected chi connectivity index (χ4v) is 4.50. The van der Waals surface area contributed by atoms with E-state index in [1.54, 1.807) is 37.1 Å². The molecule has 0 radical (unpaired) electrons. The summed E-state index contributed by atoms with van der Waals surface area (Å²) in [4.78, 5) is 25.8. The van der Waals surface area contributed by atoms with Crippen molar-refractivity contribution < 1.29 is 12.0 Å². The molecule has 0 saturated carbocycles. The molecule has 2 N–H and O–H groups in total. The fourth-order valence-electron chi connectivity index (χ4n) is 4.09. The largest absolute Gasteiger partial charge is 0.355 e. The molecular formula is C27H34FN5OS. The Balaban J connectivity index is 0.000000296. The van der Waals surface area contributed by atoms with Gasteiger partial charge in [0.2, 0.25) is 6.41 Å². The average molecular weight is 496 g/mol. The number of fused-ring (bicyclic) bond motifs is 1. The molecule has 1 fully saturated rings. The third kappa shape index (κ3) is 6.19. The summed E-state index contributed by atoms with van der Waals surface area (Å²) in [5.74, 6) is 0.761. The number of thioether (sulfide) groups is 1. The Morgan fingerprint density at radius 3 is 2.57 bits per heavy atom. The Bertz CT molecular complexity index is 1280. The molecule has 0 unspecified atom stereocenters. The van der Waals surface area contributed by atoms with Crippen LogP contribution in [0.2, 0.25) is 0 Å². The molecule has 3 heterocycles. The molecule has 1 aliphatic rings. The van der Waals surface area contributed by atoms with Gasteiger partial charge in [0.1, 0.15) is 17.7 Å². The average Bonchev–Trinajstić information content (AvgIpc) is 3.35. The normalized spacial score (nSPS) is 13.3. The summed E-state index contributed by atoms with van der Waals surface area (Å²) in [6, 6.07) is 15.4. The first-order chi connectivity index (χ1) is 17.1. The van der Waals surface area contributed by atoms with Crippen molar-refractivity contribution in [2.75, 3.05) is 24.2 Å². The SMILES string of the molecule is CSc1ccc(CNC=O)cc1.Cc1ccc(-c2cc3ncnc(N4CCCCC4)c3[nH]2)cc1F.[HH].[HH].